The molecule has 2 aromatic rings. The van der Waals surface area contributed by atoms with E-state index in [0.717, 1.165) is 23.5 Å². The molecule has 1 atom stereocenters. The van der Waals surface area contributed by atoms with Crippen molar-refractivity contribution in [1.82, 2.24) is 10.6 Å². The molecule has 1 heterocycles. The molecule has 5 heteroatoms. The lowest BCUT2D eigenvalue weighted by Gasteiger charge is -2.15. The average molecular weight is 356 g/mol. The minimum atomic E-state index is 0.223. The first kappa shape index (κ1) is 17.5. The Kier molecular flexibility index (Phi) is 5.76. The molecule has 25 heavy (non-hydrogen) atoms. The van der Waals surface area contributed by atoms with Gasteiger partial charge in [-0.2, -0.15) is 0 Å². The number of hydrogen-bond acceptors (Lipinski definition) is 3. The van der Waals surface area contributed by atoms with Gasteiger partial charge in [0.05, 0.1) is 6.61 Å². The summed E-state index contributed by atoms with van der Waals surface area (Å²) < 4.78 is 11.7. The van der Waals surface area contributed by atoms with Crippen LogP contribution in [0, 0.1) is 0 Å². The van der Waals surface area contributed by atoms with Gasteiger partial charge in [0.1, 0.15) is 17.6 Å². The van der Waals surface area contributed by atoms with Crippen molar-refractivity contribution in [3.8, 4) is 11.5 Å². The number of fused-ring (bicyclic) bond motifs is 1. The van der Waals surface area contributed by atoms with Gasteiger partial charge in [0.25, 0.3) is 0 Å². The first-order valence-electron chi connectivity index (χ1n) is 8.66. The molecule has 0 radical (unpaired) electrons. The van der Waals surface area contributed by atoms with Gasteiger partial charge in [0.2, 0.25) is 0 Å². The molecule has 0 fully saturated rings. The number of rotatable bonds is 6. The third-order valence-corrected chi connectivity index (χ3v) is 4.40. The molecule has 0 bridgehead atoms. The number of nitrogens with one attached hydrogen (secondary N) is 2. The van der Waals surface area contributed by atoms with Gasteiger partial charge in [-0.15, -0.1) is 0 Å². The summed E-state index contributed by atoms with van der Waals surface area (Å²) >= 11 is 5.38. The molecule has 0 saturated carbocycles. The lowest BCUT2D eigenvalue weighted by atomic mass is 10.1. The van der Waals surface area contributed by atoms with Crippen molar-refractivity contribution in [2.75, 3.05) is 6.61 Å². The fourth-order valence-corrected chi connectivity index (χ4v) is 3.07. The minimum absolute atomic E-state index is 0.223. The smallest absolute Gasteiger partial charge is 0.166 e. The largest absolute Gasteiger partial charge is 0.494 e. The molecule has 1 aliphatic heterocycles. The molecule has 1 aliphatic rings. The fraction of sp³-hybridized carbons (Fsp3) is 0.350. The Morgan fingerprint density at radius 2 is 1.96 bits per heavy atom. The molecule has 0 aliphatic carbocycles. The third kappa shape index (κ3) is 4.63. The maximum absolute atomic E-state index is 5.86. The molecular weight excluding hydrogens is 332 g/mol. The van der Waals surface area contributed by atoms with E-state index >= 15 is 0 Å². The Labute approximate surface area is 154 Å². The van der Waals surface area contributed by atoms with Crippen molar-refractivity contribution < 1.29 is 9.47 Å². The summed E-state index contributed by atoms with van der Waals surface area (Å²) in [7, 11) is 0. The summed E-state index contributed by atoms with van der Waals surface area (Å²) in [6.07, 6.45) is 1.15. The van der Waals surface area contributed by atoms with Gasteiger partial charge in [-0.05, 0) is 43.8 Å². The molecule has 2 aromatic carbocycles. The summed E-state index contributed by atoms with van der Waals surface area (Å²) in [5, 5.41) is 7.11. The van der Waals surface area contributed by atoms with E-state index in [1.165, 1.54) is 11.1 Å². The predicted octanol–water partition coefficient (Wildman–Crippen LogP) is 3.57. The van der Waals surface area contributed by atoms with Gasteiger partial charge in [-0.3, -0.25) is 0 Å². The number of thiocarbonyl (C=S) groups is 1. The monoisotopic (exact) mass is 356 g/mol. The predicted molar refractivity (Wildman–Crippen MR) is 104 cm³/mol. The van der Waals surface area contributed by atoms with Crippen LogP contribution in [0.1, 0.15) is 30.5 Å². The van der Waals surface area contributed by atoms with E-state index in [9.17, 15) is 0 Å². The van der Waals surface area contributed by atoms with E-state index in [4.69, 9.17) is 21.7 Å². The zero-order valence-electron chi connectivity index (χ0n) is 14.7. The highest BCUT2D eigenvalue weighted by atomic mass is 32.1. The van der Waals surface area contributed by atoms with Crippen LogP contribution in [0.4, 0.5) is 0 Å². The topological polar surface area (TPSA) is 42.5 Å². The van der Waals surface area contributed by atoms with E-state index in [-0.39, 0.29) is 6.10 Å². The van der Waals surface area contributed by atoms with E-state index < -0.39 is 0 Å². The van der Waals surface area contributed by atoms with Crippen molar-refractivity contribution in [2.24, 2.45) is 0 Å². The lowest BCUT2D eigenvalue weighted by Crippen LogP contribution is -2.34. The maximum Gasteiger partial charge on any atom is 0.166 e. The second-order valence-electron chi connectivity index (χ2n) is 6.16. The van der Waals surface area contributed by atoms with Gasteiger partial charge < -0.3 is 20.1 Å². The van der Waals surface area contributed by atoms with Crippen LogP contribution in [-0.2, 0) is 19.5 Å². The zero-order chi connectivity index (χ0) is 17.6. The zero-order valence-corrected chi connectivity index (χ0v) is 15.5. The highest BCUT2D eigenvalue weighted by Gasteiger charge is 2.21. The van der Waals surface area contributed by atoms with E-state index in [2.05, 4.69) is 41.8 Å². The Bertz CT molecular complexity index is 734. The van der Waals surface area contributed by atoms with Crippen molar-refractivity contribution in [2.45, 2.75) is 39.5 Å². The third-order valence-electron chi connectivity index (χ3n) is 4.11. The van der Waals surface area contributed by atoms with Crippen molar-refractivity contribution >= 4 is 17.3 Å². The number of ether oxygens (including phenoxy) is 2. The molecule has 132 valence electrons. The number of benzene rings is 2. The molecule has 0 unspecified atom stereocenters. The standard InChI is InChI=1S/C20H24N2O2S/c1-3-23-18-10-16-9-14(2)24-19(16)11-17(18)13-22-20(25)21-12-15-7-5-4-6-8-15/h4-8,10-11,14H,3,9,12-13H2,1-2H3,(H2,21,22,25)/t14-/m1/s1. The SMILES string of the molecule is CCOc1cc2c(cc1CNC(=S)NCc1ccccc1)O[C@H](C)C2. The minimum Gasteiger partial charge on any atom is -0.494 e. The van der Waals surface area contributed by atoms with Gasteiger partial charge in [-0.25, -0.2) is 0 Å². The molecule has 4 nitrogen and oxygen atoms in total. The quantitative estimate of drug-likeness (QED) is 0.775. The van der Waals surface area contributed by atoms with Crippen molar-refractivity contribution in [1.29, 1.82) is 0 Å². The van der Waals surface area contributed by atoms with E-state index in [1.807, 2.05) is 25.1 Å². The summed E-state index contributed by atoms with van der Waals surface area (Å²) in [6.45, 7) is 6.02. The average Bonchev–Trinajstić information content (AvgIpc) is 2.98. The Morgan fingerprint density at radius 1 is 1.20 bits per heavy atom. The lowest BCUT2D eigenvalue weighted by molar-refractivity contribution is 0.254. The molecule has 0 saturated heterocycles. The van der Waals surface area contributed by atoms with Crippen LogP contribution < -0.4 is 20.1 Å². The first-order valence-corrected chi connectivity index (χ1v) is 9.07. The Hall–Kier alpha value is -2.27. The highest BCUT2D eigenvalue weighted by molar-refractivity contribution is 7.80. The molecule has 0 amide bonds. The normalized spacial score (nSPS) is 15.2. The first-order chi connectivity index (χ1) is 12.2. The molecule has 3 rings (SSSR count). The van der Waals surface area contributed by atoms with Crippen LogP contribution in [-0.4, -0.2) is 17.8 Å². The molecular formula is C20H24N2O2S. The maximum atomic E-state index is 5.86. The van der Waals surface area contributed by atoms with Gasteiger partial charge >= 0.3 is 0 Å². The number of hydrogen-bond donors (Lipinski definition) is 2. The van der Waals surface area contributed by atoms with Crippen LogP contribution >= 0.6 is 12.2 Å². The van der Waals surface area contributed by atoms with Crippen LogP contribution in [0.5, 0.6) is 11.5 Å². The molecule has 0 aromatic heterocycles. The Morgan fingerprint density at radius 3 is 2.72 bits per heavy atom. The van der Waals surface area contributed by atoms with Crippen LogP contribution in [0.25, 0.3) is 0 Å². The fourth-order valence-electron chi connectivity index (χ4n) is 2.93. The second kappa shape index (κ2) is 8.21. The van der Waals surface area contributed by atoms with Gasteiger partial charge in [-0.1, -0.05) is 30.3 Å². The summed E-state index contributed by atoms with van der Waals surface area (Å²) in [5.41, 5.74) is 3.46. The Balaban J connectivity index is 1.60. The van der Waals surface area contributed by atoms with E-state index in [1.54, 1.807) is 0 Å². The summed E-state index contributed by atoms with van der Waals surface area (Å²) in [4.78, 5) is 0. The van der Waals surface area contributed by atoms with Crippen molar-refractivity contribution in [3.63, 3.8) is 0 Å². The van der Waals surface area contributed by atoms with Crippen molar-refractivity contribution in [3.05, 3.63) is 59.2 Å². The van der Waals surface area contributed by atoms with Crippen LogP contribution in [0.3, 0.4) is 0 Å². The highest BCUT2D eigenvalue weighted by Crippen LogP contribution is 2.35. The molecule has 0 spiro atoms. The van der Waals surface area contributed by atoms with Gasteiger partial charge in [0.15, 0.2) is 5.11 Å². The van der Waals surface area contributed by atoms with Crippen LogP contribution in [0.2, 0.25) is 0 Å². The van der Waals surface area contributed by atoms with E-state index in [0.29, 0.717) is 24.8 Å². The van der Waals surface area contributed by atoms with Gasteiger partial charge in [0, 0.05) is 30.6 Å². The molecule has 2 N–H and O–H groups in total. The summed E-state index contributed by atoms with van der Waals surface area (Å²) in [5.74, 6) is 1.85. The summed E-state index contributed by atoms with van der Waals surface area (Å²) in [6, 6.07) is 14.4. The second-order valence-corrected chi connectivity index (χ2v) is 6.56. The van der Waals surface area contributed by atoms with Crippen LogP contribution in [0.15, 0.2) is 42.5 Å².